The Bertz CT molecular complexity index is 308. The summed E-state index contributed by atoms with van der Waals surface area (Å²) < 4.78 is 0. The number of hydrogen-bond donors (Lipinski definition) is 3. The summed E-state index contributed by atoms with van der Waals surface area (Å²) in [4.78, 5) is 11.8. The summed E-state index contributed by atoms with van der Waals surface area (Å²) in [5.41, 5.74) is -0.820. The summed E-state index contributed by atoms with van der Waals surface area (Å²) in [5.74, 6) is 0.567. The summed E-state index contributed by atoms with van der Waals surface area (Å²) in [7, 11) is 0. The molecule has 4 nitrogen and oxygen atoms in total. The van der Waals surface area contributed by atoms with Crippen molar-refractivity contribution < 1.29 is 9.90 Å². The molecule has 3 atom stereocenters. The number of thioether (sulfide) groups is 1. The van der Waals surface area contributed by atoms with Gasteiger partial charge in [-0.15, -0.1) is 0 Å². The summed E-state index contributed by atoms with van der Waals surface area (Å²) in [6.45, 7) is 6.37. The van der Waals surface area contributed by atoms with Crippen molar-refractivity contribution in [1.82, 2.24) is 10.6 Å². The van der Waals surface area contributed by atoms with Crippen LogP contribution < -0.4 is 10.6 Å². The minimum absolute atomic E-state index is 0.151. The van der Waals surface area contributed by atoms with E-state index in [1.807, 2.05) is 11.8 Å². The van der Waals surface area contributed by atoms with Gasteiger partial charge in [-0.05, 0) is 51.2 Å². The lowest BCUT2D eigenvalue weighted by atomic mass is 9.95. The van der Waals surface area contributed by atoms with Crippen LogP contribution in [-0.4, -0.2) is 40.8 Å². The van der Waals surface area contributed by atoms with Crippen molar-refractivity contribution in [1.29, 1.82) is 0 Å². The number of urea groups is 1. The van der Waals surface area contributed by atoms with Crippen LogP contribution in [0.5, 0.6) is 0 Å². The van der Waals surface area contributed by atoms with Crippen molar-refractivity contribution in [2.24, 2.45) is 5.92 Å². The standard InChI is InChI=1S/C15H30N2O2S/c1-11(2)7-8-15(3,19)10-16-14(18)17-12-5-6-13(9-12)20-4/h11-13,19H,5-10H2,1-4H3,(H2,16,17,18). The molecular weight excluding hydrogens is 272 g/mol. The first-order valence-corrected chi connectivity index (χ1v) is 8.90. The molecule has 0 radical (unpaired) electrons. The van der Waals surface area contributed by atoms with Crippen LogP contribution in [0.4, 0.5) is 4.79 Å². The maximum absolute atomic E-state index is 11.8. The van der Waals surface area contributed by atoms with Gasteiger partial charge in [-0.2, -0.15) is 11.8 Å². The lowest BCUT2D eigenvalue weighted by Gasteiger charge is -2.25. The third kappa shape index (κ3) is 6.84. The molecule has 0 aromatic heterocycles. The largest absolute Gasteiger partial charge is 0.388 e. The number of aliphatic hydroxyl groups is 1. The average molecular weight is 302 g/mol. The van der Waals surface area contributed by atoms with Crippen LogP contribution in [0.25, 0.3) is 0 Å². The van der Waals surface area contributed by atoms with E-state index in [0.29, 0.717) is 24.1 Å². The Morgan fingerprint density at radius 3 is 2.70 bits per heavy atom. The molecule has 5 heteroatoms. The number of nitrogens with one attached hydrogen (secondary N) is 2. The third-order valence-corrected chi connectivity index (χ3v) is 5.04. The fourth-order valence-corrected chi connectivity index (χ4v) is 3.28. The van der Waals surface area contributed by atoms with Crippen LogP contribution in [0.15, 0.2) is 0 Å². The fraction of sp³-hybridized carbons (Fsp3) is 0.933. The maximum atomic E-state index is 11.8. The number of rotatable bonds is 7. The van der Waals surface area contributed by atoms with E-state index in [-0.39, 0.29) is 12.1 Å². The smallest absolute Gasteiger partial charge is 0.315 e. The van der Waals surface area contributed by atoms with Crippen LogP contribution in [0, 0.1) is 5.92 Å². The molecule has 0 bridgehead atoms. The summed E-state index contributed by atoms with van der Waals surface area (Å²) >= 11 is 1.88. The Labute approximate surface area is 127 Å². The van der Waals surface area contributed by atoms with Gasteiger partial charge >= 0.3 is 6.03 Å². The number of carbonyl (C=O) groups excluding carboxylic acids is 1. The lowest BCUT2D eigenvalue weighted by molar-refractivity contribution is 0.0476. The quantitative estimate of drug-likeness (QED) is 0.677. The number of amides is 2. The molecule has 0 spiro atoms. The molecule has 0 heterocycles. The van der Waals surface area contributed by atoms with Crippen LogP contribution in [0.1, 0.15) is 52.9 Å². The zero-order valence-corrected chi connectivity index (χ0v) is 14.1. The van der Waals surface area contributed by atoms with E-state index in [9.17, 15) is 9.90 Å². The molecule has 0 aromatic carbocycles. The van der Waals surface area contributed by atoms with Crippen LogP contribution in [0.2, 0.25) is 0 Å². The Balaban J connectivity index is 2.22. The molecular formula is C15H30N2O2S. The second-order valence-electron chi connectivity index (χ2n) is 6.62. The highest BCUT2D eigenvalue weighted by Crippen LogP contribution is 2.28. The van der Waals surface area contributed by atoms with Gasteiger partial charge in [0.15, 0.2) is 0 Å². The molecule has 1 saturated carbocycles. The first-order valence-electron chi connectivity index (χ1n) is 7.62. The Hall–Kier alpha value is -0.420. The van der Waals surface area contributed by atoms with Gasteiger partial charge in [0.2, 0.25) is 0 Å². The highest BCUT2D eigenvalue weighted by molar-refractivity contribution is 7.99. The van der Waals surface area contributed by atoms with Crippen LogP contribution in [-0.2, 0) is 0 Å². The average Bonchev–Trinajstić information content (AvgIpc) is 2.82. The number of carbonyl (C=O) groups is 1. The second kappa shape index (κ2) is 8.13. The van der Waals surface area contributed by atoms with Crippen molar-refractivity contribution >= 4 is 17.8 Å². The van der Waals surface area contributed by atoms with Gasteiger partial charge in [-0.25, -0.2) is 4.79 Å². The van der Waals surface area contributed by atoms with E-state index in [2.05, 4.69) is 30.7 Å². The van der Waals surface area contributed by atoms with Crippen molar-refractivity contribution in [3.05, 3.63) is 0 Å². The van der Waals surface area contributed by atoms with E-state index < -0.39 is 5.60 Å². The first-order chi connectivity index (χ1) is 9.32. The Morgan fingerprint density at radius 1 is 1.45 bits per heavy atom. The fourth-order valence-electron chi connectivity index (χ4n) is 2.48. The molecule has 20 heavy (non-hydrogen) atoms. The van der Waals surface area contributed by atoms with Crippen LogP contribution >= 0.6 is 11.8 Å². The molecule has 1 aliphatic carbocycles. The van der Waals surface area contributed by atoms with E-state index in [4.69, 9.17) is 0 Å². The monoisotopic (exact) mass is 302 g/mol. The van der Waals surface area contributed by atoms with Crippen molar-refractivity contribution in [2.75, 3.05) is 12.8 Å². The minimum Gasteiger partial charge on any atom is -0.388 e. The zero-order valence-electron chi connectivity index (χ0n) is 13.2. The number of hydrogen-bond acceptors (Lipinski definition) is 3. The molecule has 1 rings (SSSR count). The van der Waals surface area contributed by atoms with Gasteiger partial charge in [0.25, 0.3) is 0 Å². The van der Waals surface area contributed by atoms with Gasteiger partial charge < -0.3 is 15.7 Å². The molecule has 118 valence electrons. The predicted octanol–water partition coefficient (Wildman–Crippen LogP) is 2.76. The van der Waals surface area contributed by atoms with Crippen molar-refractivity contribution in [2.45, 2.75) is 69.8 Å². The highest BCUT2D eigenvalue weighted by atomic mass is 32.2. The predicted molar refractivity (Wildman–Crippen MR) is 86.2 cm³/mol. The molecule has 3 N–H and O–H groups in total. The van der Waals surface area contributed by atoms with E-state index >= 15 is 0 Å². The highest BCUT2D eigenvalue weighted by Gasteiger charge is 2.26. The summed E-state index contributed by atoms with van der Waals surface area (Å²) in [6, 6.07) is 0.134. The summed E-state index contributed by atoms with van der Waals surface area (Å²) in [5, 5.41) is 16.7. The SMILES string of the molecule is CSC1CCC(NC(=O)NCC(C)(O)CCC(C)C)C1. The van der Waals surface area contributed by atoms with Crippen LogP contribution in [0.3, 0.4) is 0 Å². The molecule has 1 aliphatic rings. The van der Waals surface area contributed by atoms with Crippen molar-refractivity contribution in [3.8, 4) is 0 Å². The normalized spacial score (nSPS) is 25.5. The third-order valence-electron chi connectivity index (χ3n) is 3.94. The van der Waals surface area contributed by atoms with Crippen molar-refractivity contribution in [3.63, 3.8) is 0 Å². The topological polar surface area (TPSA) is 61.4 Å². The maximum Gasteiger partial charge on any atom is 0.315 e. The zero-order chi connectivity index (χ0) is 15.2. The van der Waals surface area contributed by atoms with E-state index in [0.717, 1.165) is 19.3 Å². The minimum atomic E-state index is -0.820. The van der Waals surface area contributed by atoms with Gasteiger partial charge in [-0.3, -0.25) is 0 Å². The second-order valence-corrected chi connectivity index (χ2v) is 7.76. The van der Waals surface area contributed by atoms with Gasteiger partial charge in [-0.1, -0.05) is 13.8 Å². The van der Waals surface area contributed by atoms with E-state index in [1.165, 1.54) is 6.42 Å². The Kier molecular flexibility index (Phi) is 7.17. The molecule has 0 saturated heterocycles. The van der Waals surface area contributed by atoms with Gasteiger partial charge in [0.05, 0.1) is 5.60 Å². The molecule has 3 unspecified atom stereocenters. The first kappa shape index (κ1) is 17.6. The molecule has 0 aromatic rings. The summed E-state index contributed by atoms with van der Waals surface area (Å²) in [6.07, 6.45) is 7.09. The van der Waals surface area contributed by atoms with E-state index in [1.54, 1.807) is 6.92 Å². The molecule has 1 fully saturated rings. The Morgan fingerprint density at radius 2 is 2.15 bits per heavy atom. The van der Waals surface area contributed by atoms with Gasteiger partial charge in [0.1, 0.15) is 0 Å². The molecule has 0 aliphatic heterocycles. The van der Waals surface area contributed by atoms with Gasteiger partial charge in [0, 0.05) is 17.8 Å². The lowest BCUT2D eigenvalue weighted by Crippen LogP contribution is -2.47. The molecule has 2 amide bonds.